The Morgan fingerprint density at radius 2 is 1.87 bits per heavy atom. The van der Waals surface area contributed by atoms with E-state index in [9.17, 15) is 18.0 Å². The molecule has 3 rings (SSSR count). The van der Waals surface area contributed by atoms with E-state index in [1.54, 1.807) is 31.2 Å². The molecule has 1 aliphatic rings. The Kier molecular flexibility index (Phi) is 7.29. The first-order chi connectivity index (χ1) is 14.7. The maximum absolute atomic E-state index is 12.8. The molecule has 1 saturated heterocycles. The monoisotopic (exact) mass is 446 g/mol. The van der Waals surface area contributed by atoms with E-state index in [2.05, 4.69) is 10.0 Å². The molecule has 0 spiro atoms. The third-order valence-electron chi connectivity index (χ3n) is 4.90. The summed E-state index contributed by atoms with van der Waals surface area (Å²) in [5.74, 6) is -1.22. The fourth-order valence-electron chi connectivity index (χ4n) is 3.15. The smallest absolute Gasteiger partial charge is 0.338 e. The van der Waals surface area contributed by atoms with Crippen molar-refractivity contribution in [2.45, 2.75) is 37.7 Å². The highest BCUT2D eigenvalue weighted by molar-refractivity contribution is 7.92. The quantitative estimate of drug-likeness (QED) is 0.603. The average Bonchev–Trinajstić information content (AvgIpc) is 3.26. The van der Waals surface area contributed by atoms with Crippen molar-refractivity contribution in [1.82, 2.24) is 5.32 Å². The summed E-state index contributed by atoms with van der Waals surface area (Å²) in [5, 5.41) is 2.66. The summed E-state index contributed by atoms with van der Waals surface area (Å²) < 4.78 is 38.6. The number of carbonyl (C=O) groups excluding carboxylic acids is 2. The summed E-state index contributed by atoms with van der Waals surface area (Å²) in [5.41, 5.74) is 1.94. The Labute approximate surface area is 182 Å². The van der Waals surface area contributed by atoms with Crippen LogP contribution in [0.5, 0.6) is 0 Å². The first-order valence-corrected chi connectivity index (χ1v) is 11.5. The summed E-state index contributed by atoms with van der Waals surface area (Å²) >= 11 is 0. The molecule has 1 amide bonds. The first kappa shape index (κ1) is 22.8. The second-order valence-electron chi connectivity index (χ2n) is 7.47. The molecule has 1 fully saturated rings. The Balaban J connectivity index is 1.63. The zero-order valence-electron chi connectivity index (χ0n) is 17.5. The Bertz CT molecular complexity index is 1040. The molecular weight excluding hydrogens is 420 g/mol. The van der Waals surface area contributed by atoms with Crippen molar-refractivity contribution in [3.63, 3.8) is 0 Å². The van der Waals surface area contributed by atoms with Gasteiger partial charge in [-0.1, -0.05) is 23.8 Å². The standard InChI is InChI=1S/C22H26N2O6S/c1-15-5-9-18(10-6-15)24-31(27,28)20-12-17(8-7-16(20)2)22(26)30-14-21(25)23-13-19-4-3-11-29-19/h5-10,12,19,24H,3-4,11,13-14H2,1-2H3,(H,23,25)/t19-/m1/s1. The molecule has 0 aromatic heterocycles. The van der Waals surface area contributed by atoms with Crippen LogP contribution in [-0.4, -0.2) is 46.2 Å². The maximum Gasteiger partial charge on any atom is 0.338 e. The number of benzene rings is 2. The van der Waals surface area contributed by atoms with E-state index in [4.69, 9.17) is 9.47 Å². The molecule has 2 aromatic rings. The van der Waals surface area contributed by atoms with E-state index >= 15 is 0 Å². The molecule has 0 aliphatic carbocycles. The van der Waals surface area contributed by atoms with Crippen LogP contribution in [0, 0.1) is 13.8 Å². The van der Waals surface area contributed by atoms with Gasteiger partial charge in [0.15, 0.2) is 6.61 Å². The second kappa shape index (κ2) is 9.93. The fourth-order valence-corrected chi connectivity index (χ4v) is 4.48. The van der Waals surface area contributed by atoms with Crippen molar-refractivity contribution in [1.29, 1.82) is 0 Å². The Morgan fingerprint density at radius 3 is 2.55 bits per heavy atom. The van der Waals surface area contributed by atoms with E-state index in [0.717, 1.165) is 18.4 Å². The summed E-state index contributed by atoms with van der Waals surface area (Å²) in [6, 6.07) is 11.2. The third kappa shape index (κ3) is 6.28. The van der Waals surface area contributed by atoms with E-state index < -0.39 is 28.5 Å². The number of sulfonamides is 1. The van der Waals surface area contributed by atoms with Crippen LogP contribution in [0.4, 0.5) is 5.69 Å². The number of hydrogen-bond acceptors (Lipinski definition) is 6. The van der Waals surface area contributed by atoms with Crippen molar-refractivity contribution >= 4 is 27.6 Å². The van der Waals surface area contributed by atoms with Crippen LogP contribution < -0.4 is 10.0 Å². The lowest BCUT2D eigenvalue weighted by Gasteiger charge is -2.13. The van der Waals surface area contributed by atoms with Gasteiger partial charge in [-0.25, -0.2) is 13.2 Å². The molecule has 1 aliphatic heterocycles. The van der Waals surface area contributed by atoms with Gasteiger partial charge in [0.05, 0.1) is 16.6 Å². The van der Waals surface area contributed by atoms with Crippen molar-refractivity contribution in [3.8, 4) is 0 Å². The highest BCUT2D eigenvalue weighted by atomic mass is 32.2. The van der Waals surface area contributed by atoms with Gasteiger partial charge < -0.3 is 14.8 Å². The van der Waals surface area contributed by atoms with Gasteiger partial charge in [-0.2, -0.15) is 0 Å². The summed E-state index contributed by atoms with van der Waals surface area (Å²) in [7, 11) is -3.91. The summed E-state index contributed by atoms with van der Waals surface area (Å²) in [6.07, 6.45) is 1.84. The molecule has 1 heterocycles. The minimum atomic E-state index is -3.91. The van der Waals surface area contributed by atoms with E-state index in [1.807, 2.05) is 6.92 Å². The average molecular weight is 447 g/mol. The van der Waals surface area contributed by atoms with Crippen molar-refractivity contribution < 1.29 is 27.5 Å². The number of anilines is 1. The highest BCUT2D eigenvalue weighted by Crippen LogP contribution is 2.21. The molecule has 8 nitrogen and oxygen atoms in total. The van der Waals surface area contributed by atoms with Crippen LogP contribution >= 0.6 is 0 Å². The first-order valence-electron chi connectivity index (χ1n) is 10.0. The van der Waals surface area contributed by atoms with E-state index in [-0.39, 0.29) is 16.6 Å². The van der Waals surface area contributed by atoms with E-state index in [0.29, 0.717) is 24.4 Å². The zero-order valence-corrected chi connectivity index (χ0v) is 18.3. The molecule has 0 bridgehead atoms. The second-order valence-corrected chi connectivity index (χ2v) is 9.12. The van der Waals surface area contributed by atoms with Gasteiger partial charge in [0.2, 0.25) is 0 Å². The van der Waals surface area contributed by atoms with Gasteiger partial charge in [0.25, 0.3) is 15.9 Å². The van der Waals surface area contributed by atoms with Gasteiger partial charge >= 0.3 is 5.97 Å². The minimum absolute atomic E-state index is 0.00876. The van der Waals surface area contributed by atoms with Gasteiger partial charge in [-0.3, -0.25) is 9.52 Å². The van der Waals surface area contributed by atoms with Gasteiger partial charge in [0, 0.05) is 18.8 Å². The molecule has 1 atom stereocenters. The lowest BCUT2D eigenvalue weighted by molar-refractivity contribution is -0.124. The molecule has 2 aromatic carbocycles. The molecule has 9 heteroatoms. The highest BCUT2D eigenvalue weighted by Gasteiger charge is 2.21. The largest absolute Gasteiger partial charge is 0.452 e. The van der Waals surface area contributed by atoms with Crippen LogP contribution in [0.3, 0.4) is 0 Å². The minimum Gasteiger partial charge on any atom is -0.452 e. The normalized spacial score (nSPS) is 16.0. The molecule has 166 valence electrons. The summed E-state index contributed by atoms with van der Waals surface area (Å²) in [4.78, 5) is 24.2. The number of rotatable bonds is 8. The number of ether oxygens (including phenoxy) is 2. The molecule has 0 radical (unpaired) electrons. The summed E-state index contributed by atoms with van der Waals surface area (Å²) in [6.45, 7) is 4.14. The third-order valence-corrected chi connectivity index (χ3v) is 6.43. The lowest BCUT2D eigenvalue weighted by Crippen LogP contribution is -2.34. The zero-order chi connectivity index (χ0) is 22.4. The predicted octanol–water partition coefficient (Wildman–Crippen LogP) is 2.56. The predicted molar refractivity (Wildman–Crippen MR) is 115 cm³/mol. The van der Waals surface area contributed by atoms with Crippen molar-refractivity contribution in [2.75, 3.05) is 24.5 Å². The van der Waals surface area contributed by atoms with Gasteiger partial charge in [-0.15, -0.1) is 0 Å². The molecule has 0 saturated carbocycles. The van der Waals surface area contributed by atoms with Crippen LogP contribution in [0.2, 0.25) is 0 Å². The fraction of sp³-hybridized carbons (Fsp3) is 0.364. The molecule has 0 unspecified atom stereocenters. The Morgan fingerprint density at radius 1 is 1.13 bits per heavy atom. The number of esters is 1. The van der Waals surface area contributed by atoms with Crippen LogP contribution in [0.15, 0.2) is 47.4 Å². The lowest BCUT2D eigenvalue weighted by atomic mass is 10.1. The van der Waals surface area contributed by atoms with E-state index in [1.165, 1.54) is 18.2 Å². The molecule has 31 heavy (non-hydrogen) atoms. The molecular formula is C22H26N2O6S. The van der Waals surface area contributed by atoms with Crippen LogP contribution in [-0.2, 0) is 24.3 Å². The maximum atomic E-state index is 12.8. The van der Waals surface area contributed by atoms with Crippen molar-refractivity contribution in [3.05, 3.63) is 59.2 Å². The number of nitrogens with one attached hydrogen (secondary N) is 2. The number of amides is 1. The Hall–Kier alpha value is -2.91. The van der Waals surface area contributed by atoms with Crippen LogP contribution in [0.1, 0.15) is 34.3 Å². The van der Waals surface area contributed by atoms with Crippen LogP contribution in [0.25, 0.3) is 0 Å². The number of carbonyl (C=O) groups is 2. The van der Waals surface area contributed by atoms with Gasteiger partial charge in [0.1, 0.15) is 0 Å². The SMILES string of the molecule is Cc1ccc(NS(=O)(=O)c2cc(C(=O)OCC(=O)NC[C@H]3CCCO3)ccc2C)cc1. The topological polar surface area (TPSA) is 111 Å². The molecule has 2 N–H and O–H groups in total. The number of aryl methyl sites for hydroxylation is 2. The number of hydrogen-bond donors (Lipinski definition) is 2. The van der Waals surface area contributed by atoms with Crippen molar-refractivity contribution in [2.24, 2.45) is 0 Å². The van der Waals surface area contributed by atoms with Gasteiger partial charge in [-0.05, 0) is 56.5 Å².